The van der Waals surface area contributed by atoms with Crippen LogP contribution in [-0.4, -0.2) is 34.5 Å². The molecular weight excluding hydrogens is 291 g/mol. The average molecular weight is 303 g/mol. The molecule has 0 saturated heterocycles. The fourth-order valence-corrected chi connectivity index (χ4v) is 1.97. The first-order chi connectivity index (χ1) is 9.69. The van der Waals surface area contributed by atoms with Crippen molar-refractivity contribution in [3.63, 3.8) is 0 Å². The highest BCUT2D eigenvalue weighted by Crippen LogP contribution is 2.32. The van der Waals surface area contributed by atoms with Crippen LogP contribution in [0.25, 0.3) is 0 Å². The third-order valence-electron chi connectivity index (χ3n) is 3.07. The Kier molecular flexibility index (Phi) is 3.75. The molecule has 1 saturated carbocycles. The highest BCUT2D eigenvalue weighted by Gasteiger charge is 2.41. The lowest BCUT2D eigenvalue weighted by Gasteiger charge is -2.23. The number of alkyl halides is 3. The summed E-state index contributed by atoms with van der Waals surface area (Å²) in [5.74, 6) is -0.823. The van der Waals surface area contributed by atoms with Gasteiger partial charge in [-0.3, -0.25) is 14.9 Å². The number of carbonyl (C=O) groups is 1. The van der Waals surface area contributed by atoms with Crippen LogP contribution in [0.2, 0.25) is 0 Å². The summed E-state index contributed by atoms with van der Waals surface area (Å²) in [6, 6.07) is 2.73. The molecule has 2 rings (SSSR count). The zero-order valence-corrected chi connectivity index (χ0v) is 10.8. The fourth-order valence-electron chi connectivity index (χ4n) is 1.97. The van der Waals surface area contributed by atoms with Crippen LogP contribution in [0.15, 0.2) is 18.2 Å². The van der Waals surface area contributed by atoms with Gasteiger partial charge in [-0.15, -0.1) is 0 Å². The number of nitrogen functional groups attached to an aromatic ring is 1. The highest BCUT2D eigenvalue weighted by molar-refractivity contribution is 5.96. The average Bonchev–Trinajstić information content (AvgIpc) is 3.17. The van der Waals surface area contributed by atoms with Gasteiger partial charge < -0.3 is 10.6 Å². The smallest absolute Gasteiger partial charge is 0.393 e. The van der Waals surface area contributed by atoms with Crippen molar-refractivity contribution >= 4 is 17.3 Å². The maximum atomic E-state index is 12.5. The second-order valence-corrected chi connectivity index (χ2v) is 4.81. The van der Waals surface area contributed by atoms with Gasteiger partial charge in [0.2, 0.25) is 0 Å². The van der Waals surface area contributed by atoms with Gasteiger partial charge in [0.25, 0.3) is 11.6 Å². The van der Waals surface area contributed by atoms with E-state index in [1.807, 2.05) is 0 Å². The van der Waals surface area contributed by atoms with Crippen LogP contribution in [-0.2, 0) is 0 Å². The summed E-state index contributed by atoms with van der Waals surface area (Å²) >= 11 is 0. The lowest BCUT2D eigenvalue weighted by Crippen LogP contribution is -2.40. The molecule has 0 atom stereocenters. The number of amides is 1. The molecule has 0 bridgehead atoms. The van der Waals surface area contributed by atoms with Crippen molar-refractivity contribution in [1.82, 2.24) is 4.90 Å². The third-order valence-corrected chi connectivity index (χ3v) is 3.07. The number of nitro groups is 1. The minimum atomic E-state index is -4.50. The zero-order valence-electron chi connectivity index (χ0n) is 10.8. The van der Waals surface area contributed by atoms with Crippen LogP contribution in [0, 0.1) is 10.1 Å². The topological polar surface area (TPSA) is 89.5 Å². The van der Waals surface area contributed by atoms with Crippen LogP contribution >= 0.6 is 0 Å². The van der Waals surface area contributed by atoms with Crippen molar-refractivity contribution in [3.05, 3.63) is 33.9 Å². The van der Waals surface area contributed by atoms with Crippen molar-refractivity contribution in [1.29, 1.82) is 0 Å². The summed E-state index contributed by atoms with van der Waals surface area (Å²) in [6.45, 7) is -1.34. The molecule has 6 nitrogen and oxygen atoms in total. The fraction of sp³-hybridized carbons (Fsp3) is 0.417. The predicted octanol–water partition coefficient (Wildman–Crippen LogP) is 2.34. The molecule has 0 spiro atoms. The summed E-state index contributed by atoms with van der Waals surface area (Å²) in [4.78, 5) is 22.8. The van der Waals surface area contributed by atoms with Crippen molar-refractivity contribution in [2.45, 2.75) is 25.1 Å². The van der Waals surface area contributed by atoms with E-state index in [0.29, 0.717) is 12.8 Å². The molecule has 1 aromatic rings. The Morgan fingerprint density at radius 2 is 2.05 bits per heavy atom. The molecule has 1 fully saturated rings. The normalized spacial score (nSPS) is 14.8. The predicted molar refractivity (Wildman–Crippen MR) is 67.6 cm³/mol. The molecule has 1 aromatic carbocycles. The first-order valence-corrected chi connectivity index (χ1v) is 6.10. The van der Waals surface area contributed by atoms with E-state index in [2.05, 4.69) is 0 Å². The van der Waals surface area contributed by atoms with Gasteiger partial charge >= 0.3 is 6.18 Å². The molecule has 0 aromatic heterocycles. The quantitative estimate of drug-likeness (QED) is 0.525. The number of hydrogen-bond donors (Lipinski definition) is 1. The molecule has 0 aliphatic heterocycles. The number of carbonyl (C=O) groups excluding carboxylic acids is 1. The van der Waals surface area contributed by atoms with Gasteiger partial charge in [0, 0.05) is 17.7 Å². The van der Waals surface area contributed by atoms with Crippen molar-refractivity contribution in [3.8, 4) is 0 Å². The van der Waals surface area contributed by atoms with Crippen molar-refractivity contribution in [2.24, 2.45) is 0 Å². The zero-order chi connectivity index (χ0) is 15.8. The second-order valence-electron chi connectivity index (χ2n) is 4.81. The van der Waals surface area contributed by atoms with E-state index in [0.717, 1.165) is 23.1 Å². The molecule has 0 heterocycles. The number of rotatable bonds is 4. The Balaban J connectivity index is 2.25. The molecule has 114 valence electrons. The Hall–Kier alpha value is -2.32. The summed E-state index contributed by atoms with van der Waals surface area (Å²) in [5, 5.41) is 10.6. The van der Waals surface area contributed by atoms with E-state index in [4.69, 9.17) is 5.73 Å². The first kappa shape index (κ1) is 15.1. The molecule has 0 radical (unpaired) electrons. The van der Waals surface area contributed by atoms with Gasteiger partial charge in [-0.2, -0.15) is 13.2 Å². The Bertz CT molecular complexity index is 585. The van der Waals surface area contributed by atoms with Crippen LogP contribution in [0.5, 0.6) is 0 Å². The molecule has 21 heavy (non-hydrogen) atoms. The second kappa shape index (κ2) is 5.23. The maximum Gasteiger partial charge on any atom is 0.406 e. The van der Waals surface area contributed by atoms with Gasteiger partial charge in [0.05, 0.1) is 4.92 Å². The van der Waals surface area contributed by atoms with Crippen LogP contribution < -0.4 is 5.73 Å². The third kappa shape index (κ3) is 3.61. The monoisotopic (exact) mass is 303 g/mol. The lowest BCUT2D eigenvalue weighted by molar-refractivity contribution is -0.383. The van der Waals surface area contributed by atoms with Gasteiger partial charge in [0.15, 0.2) is 0 Å². The van der Waals surface area contributed by atoms with E-state index in [-0.39, 0.29) is 16.9 Å². The van der Waals surface area contributed by atoms with E-state index in [1.165, 1.54) is 0 Å². The largest absolute Gasteiger partial charge is 0.406 e. The van der Waals surface area contributed by atoms with Gasteiger partial charge in [-0.1, -0.05) is 0 Å². The number of nitrogens with two attached hydrogens (primary N) is 1. The minimum absolute atomic E-state index is 0.0887. The van der Waals surface area contributed by atoms with Gasteiger partial charge in [0.1, 0.15) is 12.2 Å². The van der Waals surface area contributed by atoms with Crippen LogP contribution in [0.1, 0.15) is 23.2 Å². The molecule has 2 N–H and O–H groups in total. The van der Waals surface area contributed by atoms with Gasteiger partial charge in [-0.25, -0.2) is 0 Å². The summed E-state index contributed by atoms with van der Waals surface area (Å²) in [7, 11) is 0. The Morgan fingerprint density at radius 3 is 2.48 bits per heavy atom. The molecule has 1 aliphatic carbocycles. The Labute approximate surface area is 117 Å². The number of nitrogens with zero attached hydrogens (tertiary/aromatic N) is 2. The number of nitro benzene ring substituents is 1. The van der Waals surface area contributed by atoms with Crippen molar-refractivity contribution < 1.29 is 22.9 Å². The van der Waals surface area contributed by atoms with E-state index >= 15 is 0 Å². The maximum absolute atomic E-state index is 12.5. The van der Waals surface area contributed by atoms with Crippen LogP contribution in [0.4, 0.5) is 24.5 Å². The lowest BCUT2D eigenvalue weighted by atomic mass is 10.1. The number of halogens is 3. The van der Waals surface area contributed by atoms with E-state index in [9.17, 15) is 28.1 Å². The highest BCUT2D eigenvalue weighted by atomic mass is 19.4. The molecule has 9 heteroatoms. The number of anilines is 1. The number of benzene rings is 1. The van der Waals surface area contributed by atoms with Gasteiger partial charge in [-0.05, 0) is 25.0 Å². The summed E-state index contributed by atoms with van der Waals surface area (Å²) < 4.78 is 37.5. The first-order valence-electron chi connectivity index (χ1n) is 6.10. The molecule has 1 aliphatic rings. The SMILES string of the molecule is Nc1cc(C(=O)N(CC(F)(F)F)C2CC2)ccc1[N+](=O)[O-]. The van der Waals surface area contributed by atoms with Crippen LogP contribution in [0.3, 0.4) is 0 Å². The summed E-state index contributed by atoms with van der Waals surface area (Å²) in [5.41, 5.74) is 4.71. The van der Waals surface area contributed by atoms with E-state index in [1.54, 1.807) is 0 Å². The standard InChI is InChI=1S/C12H12F3N3O3/c13-12(14,15)6-17(8-2-3-8)11(19)7-1-4-10(18(20)21)9(16)5-7/h1,4-5,8H,2-3,6,16H2. The summed E-state index contributed by atoms with van der Waals surface area (Å²) in [6.07, 6.45) is -3.46. The minimum Gasteiger partial charge on any atom is -0.393 e. The Morgan fingerprint density at radius 1 is 1.43 bits per heavy atom. The number of hydrogen-bond acceptors (Lipinski definition) is 4. The molecule has 1 amide bonds. The molecular formula is C12H12F3N3O3. The van der Waals surface area contributed by atoms with E-state index < -0.39 is 29.6 Å². The van der Waals surface area contributed by atoms with Crippen molar-refractivity contribution in [2.75, 3.05) is 12.3 Å². The molecule has 0 unspecified atom stereocenters.